The van der Waals surface area contributed by atoms with Gasteiger partial charge in [-0.15, -0.1) is 0 Å². The second kappa shape index (κ2) is 10.3. The second-order valence-corrected chi connectivity index (χ2v) is 8.16. The summed E-state index contributed by atoms with van der Waals surface area (Å²) in [5, 5.41) is -0.291. The lowest BCUT2D eigenvalue weighted by Gasteiger charge is -2.27. The summed E-state index contributed by atoms with van der Waals surface area (Å²) in [5.41, 5.74) is 3.25. The molecule has 0 radical (unpaired) electrons. The van der Waals surface area contributed by atoms with E-state index in [1.165, 1.54) is 0 Å². The van der Waals surface area contributed by atoms with Crippen LogP contribution in [0.5, 0.6) is 0 Å². The Kier molecular flexibility index (Phi) is 7.23. The van der Waals surface area contributed by atoms with E-state index in [0.29, 0.717) is 54.8 Å². The number of hydrogen-bond acceptors (Lipinski definition) is 7. The van der Waals surface area contributed by atoms with Crippen LogP contribution in [0.1, 0.15) is 17.1 Å². The number of aromatic nitrogens is 5. The molecule has 5 rings (SSSR count). The van der Waals surface area contributed by atoms with Crippen LogP contribution >= 0.6 is 11.6 Å². The zero-order valence-corrected chi connectivity index (χ0v) is 19.8. The van der Waals surface area contributed by atoms with Gasteiger partial charge in [0.25, 0.3) is 0 Å². The Morgan fingerprint density at radius 2 is 1.65 bits per heavy atom. The molecule has 0 amide bonds. The molecule has 4 aromatic rings. The Morgan fingerprint density at radius 3 is 2.29 bits per heavy atom. The normalized spacial score (nSPS) is 13.5. The SMILES string of the molecule is Cc1ccccn1.Cc1nc2nc(N3CCOCC3)nc(-c3cc(F)c(Cl)cc3F)c2nc1C. The first-order valence-electron chi connectivity index (χ1n) is 10.7. The van der Waals surface area contributed by atoms with E-state index in [1.807, 2.05) is 36.9 Å². The Morgan fingerprint density at radius 1 is 0.912 bits per heavy atom. The Labute approximate surface area is 200 Å². The molecule has 0 aliphatic carbocycles. The molecule has 10 heteroatoms. The molecule has 1 saturated heterocycles. The summed E-state index contributed by atoms with van der Waals surface area (Å²) in [6.07, 6.45) is 1.79. The maximum Gasteiger partial charge on any atom is 0.228 e. The molecular weight excluding hydrogens is 462 g/mol. The molecule has 4 heterocycles. The zero-order chi connectivity index (χ0) is 24.2. The molecule has 1 aromatic carbocycles. The number of benzene rings is 1. The van der Waals surface area contributed by atoms with Gasteiger partial charge in [-0.05, 0) is 45.0 Å². The van der Waals surface area contributed by atoms with Crippen LogP contribution < -0.4 is 4.90 Å². The predicted octanol–water partition coefficient (Wildman–Crippen LogP) is 4.86. The van der Waals surface area contributed by atoms with Crippen LogP contribution in [-0.4, -0.2) is 51.2 Å². The topological polar surface area (TPSA) is 76.9 Å². The smallest absolute Gasteiger partial charge is 0.228 e. The van der Waals surface area contributed by atoms with Crippen molar-refractivity contribution < 1.29 is 13.5 Å². The first kappa shape index (κ1) is 23.8. The zero-order valence-electron chi connectivity index (χ0n) is 19.0. The molecule has 176 valence electrons. The van der Waals surface area contributed by atoms with Crippen LogP contribution in [-0.2, 0) is 4.74 Å². The lowest BCUT2D eigenvalue weighted by Crippen LogP contribution is -2.37. The van der Waals surface area contributed by atoms with Crippen LogP contribution in [0, 0.1) is 32.4 Å². The summed E-state index contributed by atoms with van der Waals surface area (Å²) in [4.78, 5) is 23.9. The molecule has 0 unspecified atom stereocenters. The van der Waals surface area contributed by atoms with Crippen molar-refractivity contribution in [3.63, 3.8) is 0 Å². The van der Waals surface area contributed by atoms with Crippen molar-refractivity contribution in [3.05, 3.63) is 70.3 Å². The number of nitrogens with zero attached hydrogens (tertiary/aromatic N) is 6. The molecule has 0 saturated carbocycles. The number of fused-ring (bicyclic) bond motifs is 1. The number of aryl methyl sites for hydroxylation is 3. The van der Waals surface area contributed by atoms with E-state index >= 15 is 0 Å². The average molecular weight is 485 g/mol. The number of pyridine rings is 1. The molecular formula is C24H23ClF2N6O. The van der Waals surface area contributed by atoms with E-state index in [2.05, 4.69) is 24.9 Å². The van der Waals surface area contributed by atoms with Crippen LogP contribution in [0.4, 0.5) is 14.7 Å². The third-order valence-electron chi connectivity index (χ3n) is 5.30. The number of morpholine rings is 1. The number of anilines is 1. The Hall–Kier alpha value is -3.30. The molecule has 1 aliphatic rings. The van der Waals surface area contributed by atoms with Crippen molar-refractivity contribution in [2.75, 3.05) is 31.2 Å². The minimum absolute atomic E-state index is 0.0311. The van der Waals surface area contributed by atoms with Gasteiger partial charge in [0.2, 0.25) is 5.95 Å². The van der Waals surface area contributed by atoms with Crippen molar-refractivity contribution in [2.45, 2.75) is 20.8 Å². The highest BCUT2D eigenvalue weighted by Crippen LogP contribution is 2.32. The van der Waals surface area contributed by atoms with Crippen molar-refractivity contribution in [1.82, 2.24) is 24.9 Å². The maximum atomic E-state index is 14.6. The van der Waals surface area contributed by atoms with Crippen LogP contribution in [0.15, 0.2) is 36.5 Å². The highest BCUT2D eigenvalue weighted by molar-refractivity contribution is 6.30. The third-order valence-corrected chi connectivity index (χ3v) is 5.59. The first-order valence-corrected chi connectivity index (χ1v) is 11.1. The number of rotatable bonds is 2. The molecule has 3 aromatic heterocycles. The summed E-state index contributed by atoms with van der Waals surface area (Å²) in [7, 11) is 0. The molecule has 0 atom stereocenters. The third kappa shape index (κ3) is 5.26. The van der Waals surface area contributed by atoms with Gasteiger partial charge in [0.05, 0.1) is 29.6 Å². The van der Waals surface area contributed by atoms with E-state index in [9.17, 15) is 8.78 Å². The molecule has 0 spiro atoms. The molecule has 1 fully saturated rings. The minimum atomic E-state index is -0.732. The summed E-state index contributed by atoms with van der Waals surface area (Å²) in [6.45, 7) is 7.86. The average Bonchev–Trinajstić information content (AvgIpc) is 2.83. The molecule has 0 bridgehead atoms. The van der Waals surface area contributed by atoms with Gasteiger partial charge in [0.1, 0.15) is 22.8 Å². The van der Waals surface area contributed by atoms with Gasteiger partial charge in [0.15, 0.2) is 5.65 Å². The van der Waals surface area contributed by atoms with Crippen molar-refractivity contribution in [1.29, 1.82) is 0 Å². The summed E-state index contributed by atoms with van der Waals surface area (Å²) < 4.78 is 34.0. The fourth-order valence-corrected chi connectivity index (χ4v) is 3.50. The summed E-state index contributed by atoms with van der Waals surface area (Å²) in [5.74, 6) is -1.04. The van der Waals surface area contributed by atoms with Crippen LogP contribution in [0.3, 0.4) is 0 Å². The summed E-state index contributed by atoms with van der Waals surface area (Å²) >= 11 is 5.69. The van der Waals surface area contributed by atoms with Gasteiger partial charge in [-0.25, -0.2) is 23.7 Å². The van der Waals surface area contributed by atoms with Crippen molar-refractivity contribution in [3.8, 4) is 11.3 Å². The van der Waals surface area contributed by atoms with E-state index in [0.717, 1.165) is 17.8 Å². The number of ether oxygens (including phenoxy) is 1. The lowest BCUT2D eigenvalue weighted by atomic mass is 10.1. The fraction of sp³-hybridized carbons (Fsp3) is 0.292. The van der Waals surface area contributed by atoms with Crippen molar-refractivity contribution >= 4 is 28.7 Å². The molecule has 1 aliphatic heterocycles. The van der Waals surface area contributed by atoms with E-state index in [1.54, 1.807) is 13.1 Å². The number of hydrogen-bond donors (Lipinski definition) is 0. The maximum absolute atomic E-state index is 14.6. The first-order chi connectivity index (χ1) is 16.3. The van der Waals surface area contributed by atoms with E-state index in [-0.39, 0.29) is 16.3 Å². The van der Waals surface area contributed by atoms with Gasteiger partial charge in [0, 0.05) is 30.5 Å². The monoisotopic (exact) mass is 484 g/mol. The summed E-state index contributed by atoms with van der Waals surface area (Å²) in [6, 6.07) is 7.82. The Bertz CT molecular complexity index is 1320. The van der Waals surface area contributed by atoms with Gasteiger partial charge >= 0.3 is 0 Å². The molecule has 34 heavy (non-hydrogen) atoms. The van der Waals surface area contributed by atoms with Gasteiger partial charge in [-0.3, -0.25) is 4.98 Å². The van der Waals surface area contributed by atoms with Crippen LogP contribution in [0.25, 0.3) is 22.4 Å². The minimum Gasteiger partial charge on any atom is -0.378 e. The van der Waals surface area contributed by atoms with E-state index in [4.69, 9.17) is 16.3 Å². The molecule has 7 nitrogen and oxygen atoms in total. The Balaban J connectivity index is 0.000000336. The van der Waals surface area contributed by atoms with Gasteiger partial charge in [-0.1, -0.05) is 17.7 Å². The largest absolute Gasteiger partial charge is 0.378 e. The fourth-order valence-electron chi connectivity index (χ4n) is 3.35. The second-order valence-electron chi connectivity index (χ2n) is 7.76. The lowest BCUT2D eigenvalue weighted by molar-refractivity contribution is 0.122. The van der Waals surface area contributed by atoms with Gasteiger partial charge < -0.3 is 9.64 Å². The predicted molar refractivity (Wildman–Crippen MR) is 127 cm³/mol. The van der Waals surface area contributed by atoms with Gasteiger partial charge in [-0.2, -0.15) is 4.98 Å². The van der Waals surface area contributed by atoms with E-state index < -0.39 is 11.6 Å². The highest BCUT2D eigenvalue weighted by Gasteiger charge is 2.22. The van der Waals surface area contributed by atoms with Crippen LogP contribution in [0.2, 0.25) is 5.02 Å². The van der Waals surface area contributed by atoms with Crippen molar-refractivity contribution in [2.24, 2.45) is 0 Å². The molecule has 0 N–H and O–H groups in total. The number of halogens is 3. The quantitative estimate of drug-likeness (QED) is 0.376. The highest BCUT2D eigenvalue weighted by atomic mass is 35.5. The standard InChI is InChI=1S/C18H16ClF2N5O.C6H7N/c1-9-10(2)23-17-16(22-9)15(11-7-14(21)12(19)8-13(11)20)24-18(25-17)26-3-5-27-6-4-26;1-6-4-2-3-5-7-6/h7-8H,3-6H2,1-2H3;2-5H,1H3.